The van der Waals surface area contributed by atoms with Crippen LogP contribution >= 0.6 is 0 Å². The van der Waals surface area contributed by atoms with Gasteiger partial charge in [-0.1, -0.05) is 0 Å². The fraction of sp³-hybridized carbons (Fsp3) is 0.357. The van der Waals surface area contributed by atoms with Gasteiger partial charge in [-0.3, -0.25) is 4.79 Å². The first kappa shape index (κ1) is 15.7. The zero-order valence-electron chi connectivity index (χ0n) is 11.4. The van der Waals surface area contributed by atoms with Gasteiger partial charge in [0.25, 0.3) is 5.91 Å². The molecule has 0 heterocycles. The first-order valence-corrected chi connectivity index (χ1v) is 6.15. The molecule has 1 rings (SSSR count). The van der Waals surface area contributed by atoms with Crippen LogP contribution in [0.15, 0.2) is 24.3 Å². The molecule has 0 aliphatic carbocycles. The van der Waals surface area contributed by atoms with Gasteiger partial charge in [0, 0.05) is 12.3 Å². The maximum absolute atomic E-state index is 11.8. The normalized spacial score (nSPS) is 11.2. The number of nitrogens with one attached hydrogen (secondary N) is 1. The lowest BCUT2D eigenvalue weighted by Crippen LogP contribution is -2.31. The van der Waals surface area contributed by atoms with Gasteiger partial charge < -0.3 is 14.8 Å². The highest BCUT2D eigenvalue weighted by Crippen LogP contribution is 2.09. The van der Waals surface area contributed by atoms with Crippen LogP contribution in [0.5, 0.6) is 0 Å². The molecule has 1 atom stereocenters. The zero-order chi connectivity index (χ0) is 15.0. The molecule has 6 heteroatoms. The third-order valence-electron chi connectivity index (χ3n) is 2.38. The van der Waals surface area contributed by atoms with Gasteiger partial charge in [-0.25, -0.2) is 4.79 Å². The minimum atomic E-state index is -0.918. The predicted octanol–water partition coefficient (Wildman–Crippen LogP) is 1.46. The Labute approximate surface area is 117 Å². The highest BCUT2D eigenvalue weighted by Gasteiger charge is 2.17. The summed E-state index contributed by atoms with van der Waals surface area (Å²) in [7, 11) is 0. The number of anilines is 1. The van der Waals surface area contributed by atoms with E-state index in [0.717, 1.165) is 0 Å². The van der Waals surface area contributed by atoms with E-state index in [1.165, 1.54) is 6.92 Å². The molecular weight excluding hydrogens is 260 g/mol. The molecule has 0 aromatic heterocycles. The van der Waals surface area contributed by atoms with Gasteiger partial charge in [0.05, 0.1) is 11.6 Å². The summed E-state index contributed by atoms with van der Waals surface area (Å²) in [6.07, 6.45) is -0.918. The Morgan fingerprint density at radius 2 is 2.00 bits per heavy atom. The average molecular weight is 276 g/mol. The largest absolute Gasteiger partial charge is 0.451 e. The lowest BCUT2D eigenvalue weighted by Gasteiger charge is -2.13. The molecule has 0 spiro atoms. The smallest absolute Gasteiger partial charge is 0.332 e. The molecule has 20 heavy (non-hydrogen) atoms. The number of hydrogen-bond donors (Lipinski definition) is 1. The molecule has 0 bridgehead atoms. The topological polar surface area (TPSA) is 88.4 Å². The summed E-state index contributed by atoms with van der Waals surface area (Å²) in [6, 6.07) is 8.35. The molecule has 0 aliphatic heterocycles. The summed E-state index contributed by atoms with van der Waals surface area (Å²) >= 11 is 0. The lowest BCUT2D eigenvalue weighted by molar-refractivity contribution is -0.157. The van der Waals surface area contributed by atoms with Crippen molar-refractivity contribution in [2.75, 3.05) is 18.5 Å². The molecule has 1 aromatic rings. The number of nitriles is 1. The minimum Gasteiger partial charge on any atom is -0.451 e. The van der Waals surface area contributed by atoms with Crippen molar-refractivity contribution in [3.63, 3.8) is 0 Å². The third-order valence-corrected chi connectivity index (χ3v) is 2.38. The Balaban J connectivity index is 2.48. The molecule has 0 radical (unpaired) electrons. The molecule has 0 aliphatic rings. The van der Waals surface area contributed by atoms with E-state index in [0.29, 0.717) is 17.9 Å². The number of nitrogens with zero attached hydrogens (tertiary/aromatic N) is 1. The van der Waals surface area contributed by atoms with Gasteiger partial charge in [-0.15, -0.1) is 0 Å². The molecular formula is C14H16N2O4. The highest BCUT2D eigenvalue weighted by atomic mass is 16.6. The standard InChI is InChI=1S/C14H16N2O4/c1-3-19-9-13(17)20-10(2)14(18)16-12-6-4-11(8-15)5-7-12/h4-7,10H,3,9H2,1-2H3,(H,16,18)/t10-/m0/s1. The summed E-state index contributed by atoms with van der Waals surface area (Å²) in [5, 5.41) is 11.2. The van der Waals surface area contributed by atoms with Crippen LogP contribution in [0.25, 0.3) is 0 Å². The number of rotatable bonds is 6. The number of ether oxygens (including phenoxy) is 2. The van der Waals surface area contributed by atoms with Crippen molar-refractivity contribution >= 4 is 17.6 Å². The van der Waals surface area contributed by atoms with Gasteiger partial charge in [-0.2, -0.15) is 5.26 Å². The van der Waals surface area contributed by atoms with E-state index in [1.807, 2.05) is 6.07 Å². The summed E-state index contributed by atoms with van der Waals surface area (Å²) in [6.45, 7) is 3.46. The fourth-order valence-electron chi connectivity index (χ4n) is 1.34. The van der Waals surface area contributed by atoms with Crippen molar-refractivity contribution < 1.29 is 19.1 Å². The van der Waals surface area contributed by atoms with Crippen molar-refractivity contribution in [3.8, 4) is 6.07 Å². The lowest BCUT2D eigenvalue weighted by atomic mass is 10.2. The Hall–Kier alpha value is -2.39. The van der Waals surface area contributed by atoms with E-state index in [1.54, 1.807) is 31.2 Å². The zero-order valence-corrected chi connectivity index (χ0v) is 11.4. The monoisotopic (exact) mass is 276 g/mol. The van der Waals surface area contributed by atoms with E-state index in [4.69, 9.17) is 14.7 Å². The van der Waals surface area contributed by atoms with Crippen LogP contribution in [-0.2, 0) is 19.1 Å². The van der Waals surface area contributed by atoms with Crippen molar-refractivity contribution in [1.29, 1.82) is 5.26 Å². The van der Waals surface area contributed by atoms with Gasteiger partial charge in [0.1, 0.15) is 6.61 Å². The van der Waals surface area contributed by atoms with Crippen LogP contribution in [0.3, 0.4) is 0 Å². The maximum Gasteiger partial charge on any atom is 0.332 e. The minimum absolute atomic E-state index is 0.176. The van der Waals surface area contributed by atoms with E-state index in [2.05, 4.69) is 5.32 Å². The second-order valence-corrected chi connectivity index (χ2v) is 3.95. The molecule has 0 saturated heterocycles. The van der Waals surface area contributed by atoms with E-state index < -0.39 is 18.0 Å². The first-order chi connectivity index (χ1) is 9.56. The summed E-state index contributed by atoms with van der Waals surface area (Å²) < 4.78 is 9.79. The van der Waals surface area contributed by atoms with E-state index >= 15 is 0 Å². The van der Waals surface area contributed by atoms with Crippen LogP contribution < -0.4 is 5.32 Å². The molecule has 1 aromatic carbocycles. The Morgan fingerprint density at radius 3 is 2.55 bits per heavy atom. The van der Waals surface area contributed by atoms with Crippen LogP contribution in [0.2, 0.25) is 0 Å². The number of carbonyl (C=O) groups is 2. The first-order valence-electron chi connectivity index (χ1n) is 6.15. The number of esters is 1. The number of hydrogen-bond acceptors (Lipinski definition) is 5. The number of amides is 1. The second kappa shape index (κ2) is 7.92. The molecule has 0 fully saturated rings. The van der Waals surface area contributed by atoms with Crippen LogP contribution in [0.1, 0.15) is 19.4 Å². The predicted molar refractivity (Wildman–Crippen MR) is 71.8 cm³/mol. The number of benzene rings is 1. The average Bonchev–Trinajstić information content (AvgIpc) is 2.45. The van der Waals surface area contributed by atoms with Crippen LogP contribution in [-0.4, -0.2) is 31.2 Å². The van der Waals surface area contributed by atoms with Gasteiger partial charge in [0.2, 0.25) is 0 Å². The maximum atomic E-state index is 11.8. The molecule has 0 unspecified atom stereocenters. The van der Waals surface area contributed by atoms with Gasteiger partial charge >= 0.3 is 5.97 Å². The third kappa shape index (κ3) is 5.08. The second-order valence-electron chi connectivity index (χ2n) is 3.95. The van der Waals surface area contributed by atoms with Crippen molar-refractivity contribution in [2.45, 2.75) is 20.0 Å². The van der Waals surface area contributed by atoms with E-state index in [9.17, 15) is 9.59 Å². The molecule has 1 amide bonds. The molecule has 106 valence electrons. The molecule has 1 N–H and O–H groups in total. The molecule has 6 nitrogen and oxygen atoms in total. The van der Waals surface area contributed by atoms with Crippen LogP contribution in [0.4, 0.5) is 5.69 Å². The van der Waals surface area contributed by atoms with E-state index in [-0.39, 0.29) is 6.61 Å². The highest BCUT2D eigenvalue weighted by molar-refractivity contribution is 5.95. The Kier molecular flexibility index (Phi) is 6.20. The quantitative estimate of drug-likeness (QED) is 0.795. The van der Waals surface area contributed by atoms with Gasteiger partial charge in [-0.05, 0) is 38.1 Å². The summed E-state index contributed by atoms with van der Waals surface area (Å²) in [5.41, 5.74) is 1.03. The van der Waals surface area contributed by atoms with Crippen molar-refractivity contribution in [1.82, 2.24) is 0 Å². The molecule has 0 saturated carbocycles. The summed E-state index contributed by atoms with van der Waals surface area (Å²) in [4.78, 5) is 23.1. The Morgan fingerprint density at radius 1 is 1.35 bits per heavy atom. The van der Waals surface area contributed by atoms with Crippen molar-refractivity contribution in [3.05, 3.63) is 29.8 Å². The number of carbonyl (C=O) groups excluding carboxylic acids is 2. The summed E-state index contributed by atoms with van der Waals surface area (Å²) in [5.74, 6) is -1.03. The Bertz CT molecular complexity index is 505. The SMILES string of the molecule is CCOCC(=O)O[C@@H](C)C(=O)Nc1ccc(C#N)cc1. The van der Waals surface area contributed by atoms with Crippen molar-refractivity contribution in [2.24, 2.45) is 0 Å². The van der Waals surface area contributed by atoms with Gasteiger partial charge in [0.15, 0.2) is 6.10 Å². The van der Waals surface area contributed by atoms with Crippen LogP contribution in [0, 0.1) is 11.3 Å². The fourth-order valence-corrected chi connectivity index (χ4v) is 1.34.